The van der Waals surface area contributed by atoms with E-state index in [-0.39, 0.29) is 11.3 Å². The molecule has 0 aromatic rings. The number of carbonyl (C=O) groups is 1. The minimum Gasteiger partial charge on any atom is -0.294 e. The van der Waals surface area contributed by atoms with Crippen molar-refractivity contribution in [3.8, 4) is 0 Å². The summed E-state index contributed by atoms with van der Waals surface area (Å²) in [4.78, 5) is 11.5. The van der Waals surface area contributed by atoms with Crippen molar-refractivity contribution >= 4 is 5.91 Å². The minimum atomic E-state index is -0.326. The van der Waals surface area contributed by atoms with Crippen molar-refractivity contribution < 1.29 is 4.79 Å². The van der Waals surface area contributed by atoms with Gasteiger partial charge in [-0.15, -0.1) is 0 Å². The molecule has 0 aliphatic heterocycles. The van der Waals surface area contributed by atoms with Gasteiger partial charge in [-0.25, -0.2) is 5.84 Å². The van der Waals surface area contributed by atoms with Gasteiger partial charge in [0, 0.05) is 5.41 Å². The van der Waals surface area contributed by atoms with Gasteiger partial charge in [0.1, 0.15) is 0 Å². The van der Waals surface area contributed by atoms with E-state index in [1.54, 1.807) is 0 Å². The van der Waals surface area contributed by atoms with E-state index in [0.29, 0.717) is 0 Å². The average molecular weight is 299 g/mol. The maximum atomic E-state index is 11.5. The lowest BCUT2D eigenvalue weighted by Crippen LogP contribution is -2.40. The molecule has 0 heterocycles. The molecule has 0 aliphatic rings. The Kier molecular flexibility index (Phi) is 12.8. The quantitative estimate of drug-likeness (QED) is 0.203. The number of nitrogens with two attached hydrogens (primary N) is 1. The van der Waals surface area contributed by atoms with Gasteiger partial charge in [-0.2, -0.15) is 0 Å². The van der Waals surface area contributed by atoms with Gasteiger partial charge in [0.15, 0.2) is 0 Å². The summed E-state index contributed by atoms with van der Waals surface area (Å²) in [5.74, 6) is 5.14. The first-order chi connectivity index (χ1) is 10.0. The maximum absolute atomic E-state index is 11.5. The van der Waals surface area contributed by atoms with Crippen LogP contribution < -0.4 is 11.3 Å². The van der Waals surface area contributed by atoms with E-state index in [9.17, 15) is 4.79 Å². The molecule has 0 rings (SSSR count). The summed E-state index contributed by atoms with van der Waals surface area (Å²) in [6.45, 7) is 6.20. The van der Waals surface area contributed by atoms with E-state index in [1.807, 2.05) is 13.8 Å². The van der Waals surface area contributed by atoms with Crippen molar-refractivity contribution in [3.05, 3.63) is 0 Å². The number of hydrazine groups is 1. The molecule has 0 spiro atoms. The zero-order valence-electron chi connectivity index (χ0n) is 14.7. The molecule has 1 amide bonds. The number of unbranched alkanes of at least 4 members (excludes halogenated alkanes) is 11. The summed E-state index contributed by atoms with van der Waals surface area (Å²) in [6, 6.07) is 0. The Hall–Kier alpha value is -0.570. The van der Waals surface area contributed by atoms with Crippen LogP contribution in [-0.4, -0.2) is 5.91 Å². The first-order valence-electron chi connectivity index (χ1n) is 9.05. The molecule has 3 N–H and O–H groups in total. The van der Waals surface area contributed by atoms with Crippen molar-refractivity contribution in [2.45, 2.75) is 104 Å². The molecular formula is C18H38N2O. The highest BCUT2D eigenvalue weighted by Crippen LogP contribution is 2.24. The number of nitrogens with one attached hydrogen (secondary N) is 1. The topological polar surface area (TPSA) is 55.1 Å². The molecule has 126 valence electrons. The number of rotatable bonds is 14. The van der Waals surface area contributed by atoms with Crippen molar-refractivity contribution in [1.29, 1.82) is 0 Å². The maximum Gasteiger partial charge on any atom is 0.239 e. The summed E-state index contributed by atoms with van der Waals surface area (Å²) >= 11 is 0. The van der Waals surface area contributed by atoms with Gasteiger partial charge in [-0.3, -0.25) is 10.2 Å². The number of amides is 1. The smallest absolute Gasteiger partial charge is 0.239 e. The van der Waals surface area contributed by atoms with Crippen LogP contribution in [0.5, 0.6) is 0 Å². The van der Waals surface area contributed by atoms with Gasteiger partial charge >= 0.3 is 0 Å². The third-order valence-electron chi connectivity index (χ3n) is 4.40. The standard InChI is InChI=1S/C18H38N2O/c1-4-5-6-7-8-9-10-11-12-13-14-15-16-18(2,3)17(21)20-19/h4-16,19H2,1-3H3,(H,20,21). The molecule has 0 aromatic carbocycles. The van der Waals surface area contributed by atoms with Crippen molar-refractivity contribution in [2.75, 3.05) is 0 Å². The molecule has 0 saturated carbocycles. The molecule has 0 unspecified atom stereocenters. The third kappa shape index (κ3) is 11.7. The molecule has 0 bridgehead atoms. The van der Waals surface area contributed by atoms with Crippen LogP contribution in [0.3, 0.4) is 0 Å². The van der Waals surface area contributed by atoms with E-state index in [0.717, 1.165) is 12.8 Å². The lowest BCUT2D eigenvalue weighted by atomic mass is 9.86. The van der Waals surface area contributed by atoms with Gasteiger partial charge in [0.05, 0.1) is 0 Å². The van der Waals surface area contributed by atoms with Gasteiger partial charge in [-0.1, -0.05) is 97.8 Å². The van der Waals surface area contributed by atoms with Crippen molar-refractivity contribution in [1.82, 2.24) is 5.43 Å². The summed E-state index contributed by atoms with van der Waals surface area (Å²) in [5, 5.41) is 0. The lowest BCUT2D eigenvalue weighted by Gasteiger charge is -2.21. The Balaban J connectivity index is 3.28. The molecule has 0 saturated heterocycles. The Morgan fingerprint density at radius 1 is 0.810 bits per heavy atom. The average Bonchev–Trinajstić information content (AvgIpc) is 2.47. The Bertz CT molecular complexity index is 252. The number of hydrogen-bond donors (Lipinski definition) is 2. The molecule has 0 aliphatic carbocycles. The van der Waals surface area contributed by atoms with Crippen molar-refractivity contribution in [2.24, 2.45) is 11.3 Å². The predicted molar refractivity (Wildman–Crippen MR) is 91.8 cm³/mol. The Morgan fingerprint density at radius 2 is 1.19 bits per heavy atom. The van der Waals surface area contributed by atoms with Crippen LogP contribution in [0, 0.1) is 5.41 Å². The number of hydrogen-bond acceptors (Lipinski definition) is 2. The number of carbonyl (C=O) groups excluding carboxylic acids is 1. The van der Waals surface area contributed by atoms with E-state index in [1.165, 1.54) is 70.6 Å². The predicted octanol–water partition coefficient (Wildman–Crippen LogP) is 5.09. The van der Waals surface area contributed by atoms with Crippen LogP contribution in [-0.2, 0) is 4.79 Å². The van der Waals surface area contributed by atoms with E-state index >= 15 is 0 Å². The molecule has 0 atom stereocenters. The fourth-order valence-corrected chi connectivity index (χ4v) is 2.72. The first kappa shape index (κ1) is 20.4. The molecule has 0 fully saturated rings. The van der Waals surface area contributed by atoms with Gasteiger partial charge < -0.3 is 0 Å². The normalized spacial score (nSPS) is 11.6. The van der Waals surface area contributed by atoms with Crippen LogP contribution in [0.25, 0.3) is 0 Å². The highest BCUT2D eigenvalue weighted by Gasteiger charge is 2.25. The second-order valence-electron chi connectivity index (χ2n) is 7.00. The van der Waals surface area contributed by atoms with E-state index in [2.05, 4.69) is 12.3 Å². The Morgan fingerprint density at radius 3 is 1.57 bits per heavy atom. The molecule has 3 nitrogen and oxygen atoms in total. The molecule has 3 heteroatoms. The van der Waals surface area contributed by atoms with Crippen LogP contribution in [0.15, 0.2) is 0 Å². The molecular weight excluding hydrogens is 260 g/mol. The van der Waals surface area contributed by atoms with Gasteiger partial charge in [0.2, 0.25) is 5.91 Å². The summed E-state index contributed by atoms with van der Waals surface area (Å²) in [6.07, 6.45) is 17.1. The zero-order valence-corrected chi connectivity index (χ0v) is 14.7. The summed E-state index contributed by atoms with van der Waals surface area (Å²) < 4.78 is 0. The summed E-state index contributed by atoms with van der Waals surface area (Å²) in [7, 11) is 0. The summed E-state index contributed by atoms with van der Waals surface area (Å²) in [5.41, 5.74) is 1.93. The first-order valence-corrected chi connectivity index (χ1v) is 9.05. The largest absolute Gasteiger partial charge is 0.294 e. The minimum absolute atomic E-state index is 0.0504. The van der Waals surface area contributed by atoms with Crippen LogP contribution in [0.4, 0.5) is 0 Å². The van der Waals surface area contributed by atoms with Gasteiger partial charge in [0.25, 0.3) is 0 Å². The fraction of sp³-hybridized carbons (Fsp3) is 0.944. The highest BCUT2D eigenvalue weighted by atomic mass is 16.2. The van der Waals surface area contributed by atoms with Crippen LogP contribution in [0.2, 0.25) is 0 Å². The molecule has 0 aromatic heterocycles. The zero-order chi connectivity index (χ0) is 16.0. The van der Waals surface area contributed by atoms with Crippen LogP contribution >= 0.6 is 0 Å². The van der Waals surface area contributed by atoms with Crippen LogP contribution in [0.1, 0.15) is 104 Å². The SMILES string of the molecule is CCCCCCCCCCCCCCC(C)(C)C(=O)NN. The lowest BCUT2D eigenvalue weighted by molar-refractivity contribution is -0.129. The highest BCUT2D eigenvalue weighted by molar-refractivity contribution is 5.81. The second kappa shape index (κ2) is 13.1. The van der Waals surface area contributed by atoms with E-state index < -0.39 is 0 Å². The fourth-order valence-electron chi connectivity index (χ4n) is 2.72. The van der Waals surface area contributed by atoms with E-state index in [4.69, 9.17) is 5.84 Å². The van der Waals surface area contributed by atoms with Crippen molar-refractivity contribution in [3.63, 3.8) is 0 Å². The third-order valence-corrected chi connectivity index (χ3v) is 4.40. The molecule has 0 radical (unpaired) electrons. The second-order valence-corrected chi connectivity index (χ2v) is 7.00. The van der Waals surface area contributed by atoms with Gasteiger partial charge in [-0.05, 0) is 6.42 Å². The molecule has 21 heavy (non-hydrogen) atoms. The Labute approximate surface area is 132 Å². The monoisotopic (exact) mass is 298 g/mol.